The van der Waals surface area contributed by atoms with Crippen molar-refractivity contribution >= 4 is 28.2 Å². The number of pyridine rings is 2. The lowest BCUT2D eigenvalue weighted by Crippen LogP contribution is -2.56. The first-order chi connectivity index (χ1) is 17.6. The van der Waals surface area contributed by atoms with E-state index in [0.29, 0.717) is 30.3 Å². The molecule has 4 aromatic rings. The molecule has 0 amide bonds. The predicted molar refractivity (Wildman–Crippen MR) is 153 cm³/mol. The van der Waals surface area contributed by atoms with Gasteiger partial charge in [-0.15, -0.1) is 10.2 Å². The Labute approximate surface area is 220 Å². The van der Waals surface area contributed by atoms with Crippen molar-refractivity contribution in [2.24, 2.45) is 0 Å². The van der Waals surface area contributed by atoms with Crippen LogP contribution < -0.4 is 20.7 Å². The lowest BCUT2D eigenvalue weighted by Gasteiger charge is -2.42. The number of likely N-dealkylation sites (tertiary alicyclic amines) is 1. The number of nitrogens with zero attached hydrogens (tertiary/aromatic N) is 6. The lowest BCUT2D eigenvalue weighted by atomic mass is 10.1. The summed E-state index contributed by atoms with van der Waals surface area (Å²) >= 11 is 0. The topological polar surface area (TPSA) is 95.9 Å². The quantitative estimate of drug-likeness (QED) is 0.365. The van der Waals surface area contributed by atoms with Gasteiger partial charge in [-0.2, -0.15) is 0 Å². The Balaban J connectivity index is 0.000000179. The van der Waals surface area contributed by atoms with Crippen molar-refractivity contribution in [1.82, 2.24) is 23.7 Å². The Hall–Kier alpha value is -3.30. The van der Waals surface area contributed by atoms with E-state index >= 15 is 0 Å². The highest BCUT2D eigenvalue weighted by Crippen LogP contribution is 2.33. The summed E-state index contributed by atoms with van der Waals surface area (Å²) in [6.45, 7) is 12.8. The molecule has 0 saturated carbocycles. The molecule has 1 fully saturated rings. The third-order valence-electron chi connectivity index (χ3n) is 8.34. The molecule has 4 N–H and O–H groups in total. The van der Waals surface area contributed by atoms with Crippen LogP contribution in [0.5, 0.6) is 5.88 Å². The number of hydrogen-bond acceptors (Lipinski definition) is 5. The van der Waals surface area contributed by atoms with Gasteiger partial charge < -0.3 is 20.7 Å². The first-order valence-corrected chi connectivity index (χ1v) is 13.4. The molecule has 0 aliphatic carbocycles. The normalized spacial score (nSPS) is 15.5. The van der Waals surface area contributed by atoms with Crippen molar-refractivity contribution in [2.75, 3.05) is 51.8 Å². The predicted octanol–water partition coefficient (Wildman–Crippen LogP) is 4.21. The molecule has 1 aliphatic rings. The van der Waals surface area contributed by atoms with Gasteiger partial charge in [0.25, 0.3) is 11.7 Å². The van der Waals surface area contributed by atoms with Gasteiger partial charge in [-0.1, -0.05) is 12.1 Å². The Morgan fingerprint density at radius 1 is 0.892 bits per heavy atom. The summed E-state index contributed by atoms with van der Waals surface area (Å²) in [5.74, 6) is 1.56. The molecule has 0 radical (unpaired) electrons. The van der Waals surface area contributed by atoms with Crippen LogP contribution in [0.15, 0.2) is 48.8 Å². The maximum atomic E-state index is 6.21. The van der Waals surface area contributed by atoms with E-state index in [1.54, 1.807) is 4.52 Å². The highest BCUT2D eigenvalue weighted by molar-refractivity contribution is 5.80. The number of fused-ring (bicyclic) bond motifs is 2. The third kappa shape index (κ3) is 5.24. The molecular weight excluding hydrogens is 464 g/mol. The summed E-state index contributed by atoms with van der Waals surface area (Å²) in [5, 5.41) is 9.01. The SMILES string of the molecule is CC(C)[N+](C)(CCOc1nn2ccccc2c1N)C(C)C.C[N+]1(c2nn3ccccc3c2N)CCCC1. The van der Waals surface area contributed by atoms with Crippen LogP contribution >= 0.6 is 0 Å². The molecule has 5 rings (SSSR count). The fourth-order valence-electron chi connectivity index (χ4n) is 5.20. The van der Waals surface area contributed by atoms with Crippen molar-refractivity contribution in [1.29, 1.82) is 0 Å². The molecule has 0 unspecified atom stereocenters. The van der Waals surface area contributed by atoms with Gasteiger partial charge in [-0.25, -0.2) is 9.03 Å². The van der Waals surface area contributed by atoms with Gasteiger partial charge in [0.2, 0.25) is 0 Å². The molecule has 0 bridgehead atoms. The molecule has 9 nitrogen and oxygen atoms in total. The molecule has 0 aromatic carbocycles. The zero-order valence-electron chi connectivity index (χ0n) is 23.3. The number of hydrogen-bond donors (Lipinski definition) is 2. The molecule has 37 heavy (non-hydrogen) atoms. The van der Waals surface area contributed by atoms with Crippen molar-refractivity contribution < 1.29 is 9.22 Å². The molecule has 200 valence electrons. The standard InChI is InChI=1S/C16H27N4O.C12H17N4/c1-12(2)20(5,13(3)4)10-11-21-16-15(17)14-8-6-7-9-19(14)18-16;1-16(8-4-5-9-16)12-11(13)10-6-2-3-7-15(10)14-12/h6-9,12-13H,10-11,17H2,1-5H3;2-3,6-7H,4-5,8-9,13H2,1H3/q2*+1. The van der Waals surface area contributed by atoms with E-state index in [1.807, 2.05) is 53.3 Å². The molecule has 1 saturated heterocycles. The van der Waals surface area contributed by atoms with Crippen molar-refractivity contribution in [3.63, 3.8) is 0 Å². The first-order valence-electron chi connectivity index (χ1n) is 13.4. The maximum Gasteiger partial charge on any atom is 0.270 e. The Morgan fingerprint density at radius 2 is 1.43 bits per heavy atom. The molecule has 4 aromatic heterocycles. The second-order valence-electron chi connectivity index (χ2n) is 11.2. The van der Waals surface area contributed by atoms with E-state index < -0.39 is 0 Å². The Morgan fingerprint density at radius 3 is 1.95 bits per heavy atom. The third-order valence-corrected chi connectivity index (χ3v) is 8.34. The number of likely N-dealkylation sites (N-methyl/N-ethyl adjacent to an activating group) is 1. The molecule has 1 aliphatic heterocycles. The summed E-state index contributed by atoms with van der Waals surface area (Å²) in [4.78, 5) is 0. The highest BCUT2D eigenvalue weighted by Gasteiger charge is 2.35. The molecular formula is C28H44N8O+2. The van der Waals surface area contributed by atoms with Gasteiger partial charge in [0.1, 0.15) is 24.5 Å². The van der Waals surface area contributed by atoms with Crippen LogP contribution in [0, 0.1) is 0 Å². The van der Waals surface area contributed by atoms with Crippen LogP contribution in [-0.2, 0) is 0 Å². The Bertz CT molecular complexity index is 1320. The van der Waals surface area contributed by atoms with E-state index in [9.17, 15) is 0 Å². The van der Waals surface area contributed by atoms with Gasteiger partial charge >= 0.3 is 0 Å². The fourth-order valence-corrected chi connectivity index (χ4v) is 5.20. The van der Waals surface area contributed by atoms with Crippen LogP contribution in [-0.4, -0.2) is 76.1 Å². The van der Waals surface area contributed by atoms with Crippen LogP contribution in [0.3, 0.4) is 0 Å². The van der Waals surface area contributed by atoms with Crippen molar-refractivity contribution in [2.45, 2.75) is 52.6 Å². The number of quaternary nitrogens is 2. The van der Waals surface area contributed by atoms with Crippen molar-refractivity contribution in [3.05, 3.63) is 48.8 Å². The van der Waals surface area contributed by atoms with Crippen molar-refractivity contribution in [3.8, 4) is 5.88 Å². The van der Waals surface area contributed by atoms with Crippen LogP contribution in [0.4, 0.5) is 17.2 Å². The number of ether oxygens (including phenoxy) is 1. The zero-order chi connectivity index (χ0) is 26.8. The molecule has 9 heteroatoms. The average Bonchev–Trinajstić information content (AvgIpc) is 3.56. The first kappa shape index (κ1) is 26.8. The lowest BCUT2D eigenvalue weighted by molar-refractivity contribution is -0.949. The minimum absolute atomic E-state index is 0.528. The summed E-state index contributed by atoms with van der Waals surface area (Å²) in [6, 6.07) is 12.9. The molecule has 0 atom stereocenters. The van der Waals surface area contributed by atoms with Crippen LogP contribution in [0.1, 0.15) is 40.5 Å². The average molecular weight is 509 g/mol. The van der Waals surface area contributed by atoms with Gasteiger partial charge in [0, 0.05) is 25.2 Å². The second kappa shape index (κ2) is 10.6. The van der Waals surface area contributed by atoms with Crippen LogP contribution in [0.2, 0.25) is 0 Å². The largest absolute Gasteiger partial charge is 0.469 e. The minimum Gasteiger partial charge on any atom is -0.469 e. The minimum atomic E-state index is 0.528. The van der Waals surface area contributed by atoms with Gasteiger partial charge in [-0.05, 0) is 52.0 Å². The van der Waals surface area contributed by atoms with Gasteiger partial charge in [0.05, 0.1) is 50.3 Å². The zero-order valence-corrected chi connectivity index (χ0v) is 23.3. The summed E-state index contributed by atoms with van der Waals surface area (Å²) in [7, 11) is 4.50. The smallest absolute Gasteiger partial charge is 0.270 e. The fraction of sp³-hybridized carbons (Fsp3) is 0.500. The number of aromatic nitrogens is 4. The summed E-state index contributed by atoms with van der Waals surface area (Å²) in [6.07, 6.45) is 6.37. The van der Waals surface area contributed by atoms with E-state index in [0.717, 1.165) is 51.1 Å². The number of nitrogen functional groups attached to an aromatic ring is 2. The van der Waals surface area contributed by atoms with E-state index in [2.05, 4.69) is 52.0 Å². The molecule has 5 heterocycles. The summed E-state index contributed by atoms with van der Waals surface area (Å²) in [5.41, 5.74) is 15.7. The number of anilines is 2. The maximum absolute atomic E-state index is 6.21. The number of rotatable bonds is 7. The van der Waals surface area contributed by atoms with E-state index in [-0.39, 0.29) is 0 Å². The second-order valence-corrected chi connectivity index (χ2v) is 11.2. The molecule has 0 spiro atoms. The Kier molecular flexibility index (Phi) is 7.66. The number of nitrogens with two attached hydrogens (primary N) is 2. The van der Waals surface area contributed by atoms with E-state index in [1.165, 1.54) is 12.8 Å². The highest BCUT2D eigenvalue weighted by atomic mass is 16.5. The monoisotopic (exact) mass is 508 g/mol. The summed E-state index contributed by atoms with van der Waals surface area (Å²) < 4.78 is 11.3. The van der Waals surface area contributed by atoms with Gasteiger partial charge in [0.15, 0.2) is 0 Å². The van der Waals surface area contributed by atoms with Gasteiger partial charge in [-0.3, -0.25) is 4.48 Å². The van der Waals surface area contributed by atoms with Crippen LogP contribution in [0.25, 0.3) is 11.0 Å². The van der Waals surface area contributed by atoms with E-state index in [4.69, 9.17) is 16.2 Å².